The smallest absolute Gasteiger partial charge is 0.289 e. The summed E-state index contributed by atoms with van der Waals surface area (Å²) in [7, 11) is 0. The Hall–Kier alpha value is -2.76. The van der Waals surface area contributed by atoms with Crippen LogP contribution in [0.4, 0.5) is 0 Å². The summed E-state index contributed by atoms with van der Waals surface area (Å²) in [6, 6.07) is 21.2. The van der Waals surface area contributed by atoms with Crippen LogP contribution in [0.25, 0.3) is 0 Å². The summed E-state index contributed by atoms with van der Waals surface area (Å²) < 4.78 is 11.4. The number of piperazine rings is 1. The number of hydrogen-bond acceptors (Lipinski definition) is 4. The fraction of sp³-hybridized carbons (Fsp3) is 0.261. The number of para-hydroxylation sites is 1. The molecule has 0 saturated carbocycles. The Morgan fingerprint density at radius 1 is 0.931 bits per heavy atom. The molecular weight excluding hydrogens is 388 g/mol. The zero-order chi connectivity index (χ0) is 20.1. The number of ether oxygens (including phenoxy) is 1. The monoisotopic (exact) mass is 410 g/mol. The summed E-state index contributed by atoms with van der Waals surface area (Å²) in [6.45, 7) is 4.22. The van der Waals surface area contributed by atoms with E-state index in [0.717, 1.165) is 19.6 Å². The maximum Gasteiger partial charge on any atom is 0.289 e. The van der Waals surface area contributed by atoms with Crippen molar-refractivity contribution in [3.8, 4) is 5.75 Å². The van der Waals surface area contributed by atoms with E-state index >= 15 is 0 Å². The van der Waals surface area contributed by atoms with E-state index in [1.807, 2.05) is 23.1 Å². The second-order valence-electron chi connectivity index (χ2n) is 7.04. The minimum Gasteiger partial charge on any atom is -0.484 e. The number of rotatable bonds is 6. The summed E-state index contributed by atoms with van der Waals surface area (Å²) in [5.41, 5.74) is 1.29. The molecule has 0 aliphatic carbocycles. The highest BCUT2D eigenvalue weighted by Gasteiger charge is 2.24. The standard InChI is InChI=1S/C23H23ClN2O3/c24-20-8-4-5-9-21(20)28-17-19-10-11-22(29-19)23(27)26-14-12-25(13-15-26)16-18-6-2-1-3-7-18/h1-11H,12-17H2. The van der Waals surface area contributed by atoms with Gasteiger partial charge in [-0.15, -0.1) is 0 Å². The maximum atomic E-state index is 12.8. The Morgan fingerprint density at radius 2 is 1.66 bits per heavy atom. The van der Waals surface area contributed by atoms with Crippen LogP contribution >= 0.6 is 11.6 Å². The van der Waals surface area contributed by atoms with E-state index in [2.05, 4.69) is 29.2 Å². The zero-order valence-electron chi connectivity index (χ0n) is 16.1. The molecule has 6 heteroatoms. The maximum absolute atomic E-state index is 12.8. The van der Waals surface area contributed by atoms with Crippen molar-refractivity contribution in [1.29, 1.82) is 0 Å². The average Bonchev–Trinajstić information content (AvgIpc) is 3.23. The molecule has 150 valence electrons. The Bertz CT molecular complexity index is 950. The Morgan fingerprint density at radius 3 is 2.41 bits per heavy atom. The third-order valence-corrected chi connectivity index (χ3v) is 5.30. The summed E-state index contributed by atoms with van der Waals surface area (Å²) in [5.74, 6) is 1.46. The summed E-state index contributed by atoms with van der Waals surface area (Å²) in [4.78, 5) is 17.0. The molecule has 2 aromatic carbocycles. The summed E-state index contributed by atoms with van der Waals surface area (Å²) >= 11 is 6.09. The number of amides is 1. The van der Waals surface area contributed by atoms with Crippen LogP contribution in [0.1, 0.15) is 21.9 Å². The summed E-state index contributed by atoms with van der Waals surface area (Å²) in [6.07, 6.45) is 0. The van der Waals surface area contributed by atoms with E-state index in [1.54, 1.807) is 24.3 Å². The van der Waals surface area contributed by atoms with Crippen LogP contribution in [0.5, 0.6) is 5.75 Å². The van der Waals surface area contributed by atoms with E-state index < -0.39 is 0 Å². The third-order valence-electron chi connectivity index (χ3n) is 4.99. The fourth-order valence-electron chi connectivity index (χ4n) is 3.39. The van der Waals surface area contributed by atoms with Crippen LogP contribution < -0.4 is 4.74 Å². The molecule has 0 bridgehead atoms. The molecule has 4 rings (SSSR count). The molecule has 0 spiro atoms. The largest absolute Gasteiger partial charge is 0.484 e. The first-order valence-electron chi connectivity index (χ1n) is 9.70. The second kappa shape index (κ2) is 9.16. The highest BCUT2D eigenvalue weighted by Crippen LogP contribution is 2.24. The highest BCUT2D eigenvalue weighted by atomic mass is 35.5. The van der Waals surface area contributed by atoms with Gasteiger partial charge in [0.1, 0.15) is 18.1 Å². The Balaban J connectivity index is 1.29. The zero-order valence-corrected chi connectivity index (χ0v) is 16.8. The molecule has 1 aromatic heterocycles. The lowest BCUT2D eigenvalue weighted by Crippen LogP contribution is -2.48. The van der Waals surface area contributed by atoms with Crippen LogP contribution in [0, 0.1) is 0 Å². The highest BCUT2D eigenvalue weighted by molar-refractivity contribution is 6.32. The molecule has 0 N–H and O–H groups in total. The van der Waals surface area contributed by atoms with Crippen molar-refractivity contribution in [1.82, 2.24) is 9.80 Å². The van der Waals surface area contributed by atoms with Crippen LogP contribution in [-0.2, 0) is 13.2 Å². The molecule has 3 aromatic rings. The second-order valence-corrected chi connectivity index (χ2v) is 7.45. The van der Waals surface area contributed by atoms with E-state index in [0.29, 0.717) is 35.4 Å². The summed E-state index contributed by atoms with van der Waals surface area (Å²) in [5, 5.41) is 0.545. The van der Waals surface area contributed by atoms with Gasteiger partial charge in [-0.05, 0) is 29.8 Å². The van der Waals surface area contributed by atoms with Crippen LogP contribution in [0.2, 0.25) is 5.02 Å². The molecule has 1 amide bonds. The SMILES string of the molecule is O=C(c1ccc(COc2ccccc2Cl)o1)N1CCN(Cc2ccccc2)CC1. The van der Waals surface area contributed by atoms with Gasteiger partial charge < -0.3 is 14.1 Å². The number of carbonyl (C=O) groups excluding carboxylic acids is 1. The predicted molar refractivity (Wildman–Crippen MR) is 112 cm³/mol. The fourth-order valence-corrected chi connectivity index (χ4v) is 3.58. The number of hydrogen-bond donors (Lipinski definition) is 0. The normalized spacial score (nSPS) is 14.7. The van der Waals surface area contributed by atoms with Crippen LogP contribution in [0.15, 0.2) is 71.1 Å². The minimum atomic E-state index is -0.0756. The van der Waals surface area contributed by atoms with Gasteiger partial charge >= 0.3 is 0 Å². The Labute approximate surface area is 175 Å². The number of carbonyl (C=O) groups is 1. The number of benzene rings is 2. The molecule has 0 atom stereocenters. The van der Waals surface area contributed by atoms with Crippen LogP contribution in [-0.4, -0.2) is 41.9 Å². The molecule has 1 saturated heterocycles. The quantitative estimate of drug-likeness (QED) is 0.601. The van der Waals surface area contributed by atoms with Gasteiger partial charge in [0, 0.05) is 32.7 Å². The molecule has 1 aliphatic rings. The molecule has 0 unspecified atom stereocenters. The third kappa shape index (κ3) is 5.00. The van der Waals surface area contributed by atoms with Gasteiger partial charge in [-0.1, -0.05) is 54.1 Å². The molecule has 1 aliphatic heterocycles. The van der Waals surface area contributed by atoms with Gasteiger partial charge in [0.15, 0.2) is 5.76 Å². The first-order valence-corrected chi connectivity index (χ1v) is 10.1. The lowest BCUT2D eigenvalue weighted by atomic mass is 10.2. The van der Waals surface area contributed by atoms with Gasteiger partial charge in [0.05, 0.1) is 5.02 Å². The van der Waals surface area contributed by atoms with E-state index in [1.165, 1.54) is 5.56 Å². The lowest BCUT2D eigenvalue weighted by molar-refractivity contribution is 0.0594. The Kier molecular flexibility index (Phi) is 6.17. The van der Waals surface area contributed by atoms with Gasteiger partial charge in [-0.25, -0.2) is 0 Å². The van der Waals surface area contributed by atoms with Gasteiger partial charge in [-0.2, -0.15) is 0 Å². The van der Waals surface area contributed by atoms with Crippen molar-refractivity contribution in [2.45, 2.75) is 13.2 Å². The van der Waals surface area contributed by atoms with Crippen molar-refractivity contribution in [2.24, 2.45) is 0 Å². The van der Waals surface area contributed by atoms with E-state index in [-0.39, 0.29) is 12.5 Å². The minimum absolute atomic E-state index is 0.0756. The molecular formula is C23H23ClN2O3. The van der Waals surface area contributed by atoms with Crippen molar-refractivity contribution >= 4 is 17.5 Å². The van der Waals surface area contributed by atoms with Gasteiger partial charge in [0.25, 0.3) is 5.91 Å². The predicted octanol–water partition coefficient (Wildman–Crippen LogP) is 4.47. The van der Waals surface area contributed by atoms with Crippen molar-refractivity contribution in [3.63, 3.8) is 0 Å². The number of halogens is 1. The van der Waals surface area contributed by atoms with Gasteiger partial charge in [0.2, 0.25) is 0 Å². The number of furan rings is 1. The molecule has 1 fully saturated rings. The van der Waals surface area contributed by atoms with Crippen molar-refractivity contribution in [3.05, 3.63) is 88.8 Å². The first kappa shape index (κ1) is 19.6. The van der Waals surface area contributed by atoms with Crippen molar-refractivity contribution < 1.29 is 13.9 Å². The topological polar surface area (TPSA) is 45.9 Å². The average molecular weight is 411 g/mol. The molecule has 0 radical (unpaired) electrons. The van der Waals surface area contributed by atoms with Crippen molar-refractivity contribution in [2.75, 3.05) is 26.2 Å². The van der Waals surface area contributed by atoms with E-state index in [9.17, 15) is 4.79 Å². The lowest BCUT2D eigenvalue weighted by Gasteiger charge is -2.34. The van der Waals surface area contributed by atoms with Gasteiger partial charge in [-0.3, -0.25) is 9.69 Å². The molecule has 29 heavy (non-hydrogen) atoms. The van der Waals surface area contributed by atoms with E-state index in [4.69, 9.17) is 20.8 Å². The molecule has 2 heterocycles. The first-order chi connectivity index (χ1) is 14.2. The number of nitrogens with zero attached hydrogens (tertiary/aromatic N) is 2. The molecule has 5 nitrogen and oxygen atoms in total. The van der Waals surface area contributed by atoms with Crippen LogP contribution in [0.3, 0.4) is 0 Å².